The monoisotopic (exact) mass is 256 g/mol. The number of non-ortho nitro benzene ring substituents is 1. The Balaban J connectivity index is 3.14. The molecule has 0 aromatic heterocycles. The third-order valence-corrected chi connectivity index (χ3v) is 2.35. The minimum Gasteiger partial charge on any atom is -0.394 e. The van der Waals surface area contributed by atoms with Gasteiger partial charge in [-0.15, -0.1) is 0 Å². The van der Waals surface area contributed by atoms with E-state index >= 15 is 0 Å². The summed E-state index contributed by atoms with van der Waals surface area (Å²) >= 11 is 0. The van der Waals surface area contributed by atoms with E-state index in [9.17, 15) is 19.3 Å². The summed E-state index contributed by atoms with van der Waals surface area (Å²) in [7, 11) is 0. The zero-order valence-corrected chi connectivity index (χ0v) is 9.94. The van der Waals surface area contributed by atoms with E-state index in [0.29, 0.717) is 0 Å². The van der Waals surface area contributed by atoms with Crippen LogP contribution in [0.1, 0.15) is 22.8 Å². The van der Waals surface area contributed by atoms with Gasteiger partial charge in [0.1, 0.15) is 5.82 Å². The third kappa shape index (κ3) is 3.01. The van der Waals surface area contributed by atoms with Gasteiger partial charge in [-0.3, -0.25) is 14.9 Å². The third-order valence-electron chi connectivity index (χ3n) is 2.35. The van der Waals surface area contributed by atoms with Crippen LogP contribution in [0.25, 0.3) is 0 Å². The molecule has 98 valence electrons. The molecule has 2 N–H and O–H groups in total. The average Bonchev–Trinajstić information content (AvgIpc) is 2.31. The van der Waals surface area contributed by atoms with E-state index in [2.05, 4.69) is 5.32 Å². The molecule has 1 aromatic carbocycles. The first-order valence-corrected chi connectivity index (χ1v) is 5.23. The lowest BCUT2D eigenvalue weighted by atomic mass is 10.1. The Labute approximate surface area is 103 Å². The van der Waals surface area contributed by atoms with Crippen LogP contribution in [-0.4, -0.2) is 28.6 Å². The van der Waals surface area contributed by atoms with Crippen LogP contribution in [0, 0.1) is 22.9 Å². The Hall–Kier alpha value is -2.02. The number of nitro groups is 1. The van der Waals surface area contributed by atoms with Gasteiger partial charge in [0.05, 0.1) is 17.1 Å². The number of aryl methyl sites for hydroxylation is 1. The van der Waals surface area contributed by atoms with Crippen LogP contribution in [0.5, 0.6) is 0 Å². The van der Waals surface area contributed by atoms with Crippen LogP contribution in [0.4, 0.5) is 10.1 Å². The number of nitrogens with one attached hydrogen (secondary N) is 1. The summed E-state index contributed by atoms with van der Waals surface area (Å²) in [4.78, 5) is 21.6. The second-order valence-corrected chi connectivity index (χ2v) is 3.94. The highest BCUT2D eigenvalue weighted by molar-refractivity contribution is 5.95. The highest BCUT2D eigenvalue weighted by Crippen LogP contribution is 2.21. The van der Waals surface area contributed by atoms with Crippen molar-refractivity contribution in [1.29, 1.82) is 0 Å². The Morgan fingerprint density at radius 2 is 2.22 bits per heavy atom. The molecule has 1 atom stereocenters. The van der Waals surface area contributed by atoms with Crippen molar-refractivity contribution >= 4 is 11.6 Å². The van der Waals surface area contributed by atoms with E-state index in [0.717, 1.165) is 12.1 Å². The molecule has 0 fully saturated rings. The summed E-state index contributed by atoms with van der Waals surface area (Å²) in [5, 5.41) is 21.7. The molecule has 1 rings (SSSR count). The average molecular weight is 256 g/mol. The van der Waals surface area contributed by atoms with Crippen LogP contribution in [0.2, 0.25) is 0 Å². The summed E-state index contributed by atoms with van der Waals surface area (Å²) in [6, 6.07) is 1.38. The van der Waals surface area contributed by atoms with Crippen molar-refractivity contribution < 1.29 is 19.2 Å². The van der Waals surface area contributed by atoms with Crippen LogP contribution < -0.4 is 5.32 Å². The van der Waals surface area contributed by atoms with Gasteiger partial charge in [-0.05, 0) is 19.4 Å². The Kier molecular flexibility index (Phi) is 4.33. The SMILES string of the molecule is Cc1cc([N+](=O)[O-])cc(C(=O)N[C@@H](C)CO)c1F. The Morgan fingerprint density at radius 3 is 2.72 bits per heavy atom. The maximum Gasteiger partial charge on any atom is 0.270 e. The smallest absolute Gasteiger partial charge is 0.270 e. The number of halogens is 1. The molecule has 0 saturated heterocycles. The summed E-state index contributed by atoms with van der Waals surface area (Å²) in [5.41, 5.74) is -0.733. The molecule has 18 heavy (non-hydrogen) atoms. The minimum atomic E-state index is -0.803. The van der Waals surface area contributed by atoms with E-state index in [1.165, 1.54) is 13.8 Å². The zero-order valence-electron chi connectivity index (χ0n) is 9.94. The lowest BCUT2D eigenvalue weighted by Crippen LogP contribution is -2.35. The molecule has 6 nitrogen and oxygen atoms in total. The molecule has 7 heteroatoms. The predicted octanol–water partition coefficient (Wildman–Crippen LogP) is 1.15. The Morgan fingerprint density at radius 1 is 1.61 bits per heavy atom. The molecular weight excluding hydrogens is 243 g/mol. The quantitative estimate of drug-likeness (QED) is 0.624. The number of hydrogen-bond donors (Lipinski definition) is 2. The molecule has 0 aliphatic heterocycles. The fourth-order valence-electron chi connectivity index (χ4n) is 1.37. The van der Waals surface area contributed by atoms with Gasteiger partial charge in [-0.2, -0.15) is 0 Å². The number of nitro benzene ring substituents is 1. The molecule has 1 amide bonds. The van der Waals surface area contributed by atoms with Crippen molar-refractivity contribution in [3.8, 4) is 0 Å². The van der Waals surface area contributed by atoms with Gasteiger partial charge in [0.25, 0.3) is 11.6 Å². The van der Waals surface area contributed by atoms with Gasteiger partial charge >= 0.3 is 0 Å². The van der Waals surface area contributed by atoms with Crippen molar-refractivity contribution in [3.05, 3.63) is 39.2 Å². The standard InChI is InChI=1S/C11H13FN2O4/c1-6-3-8(14(17)18)4-9(10(6)12)11(16)13-7(2)5-15/h3-4,7,15H,5H2,1-2H3,(H,13,16)/t7-/m0/s1. The fourth-order valence-corrected chi connectivity index (χ4v) is 1.37. The van der Waals surface area contributed by atoms with E-state index < -0.39 is 28.3 Å². The van der Waals surface area contributed by atoms with Crippen molar-refractivity contribution in [2.45, 2.75) is 19.9 Å². The number of nitrogens with zero attached hydrogens (tertiary/aromatic N) is 1. The Bertz CT molecular complexity index is 490. The van der Waals surface area contributed by atoms with Crippen LogP contribution in [0.3, 0.4) is 0 Å². The number of hydrogen-bond acceptors (Lipinski definition) is 4. The topological polar surface area (TPSA) is 92.5 Å². The largest absolute Gasteiger partial charge is 0.394 e. The van der Waals surface area contributed by atoms with Gasteiger partial charge in [0.2, 0.25) is 0 Å². The van der Waals surface area contributed by atoms with E-state index in [1.54, 1.807) is 0 Å². The second-order valence-electron chi connectivity index (χ2n) is 3.94. The van der Waals surface area contributed by atoms with Gasteiger partial charge in [0.15, 0.2) is 0 Å². The molecule has 0 aliphatic carbocycles. The summed E-state index contributed by atoms with van der Waals surface area (Å²) < 4.78 is 13.7. The second kappa shape index (κ2) is 5.54. The number of aliphatic hydroxyl groups is 1. The van der Waals surface area contributed by atoms with Gasteiger partial charge in [0, 0.05) is 18.2 Å². The number of carbonyl (C=O) groups is 1. The molecule has 1 aromatic rings. The summed E-state index contributed by atoms with van der Waals surface area (Å²) in [6.07, 6.45) is 0. The maximum absolute atomic E-state index is 13.7. The van der Waals surface area contributed by atoms with Crippen molar-refractivity contribution in [3.63, 3.8) is 0 Å². The predicted molar refractivity (Wildman–Crippen MR) is 61.8 cm³/mol. The highest BCUT2D eigenvalue weighted by Gasteiger charge is 2.20. The zero-order chi connectivity index (χ0) is 13.9. The lowest BCUT2D eigenvalue weighted by molar-refractivity contribution is -0.385. The number of carbonyl (C=O) groups excluding carboxylic acids is 1. The molecule has 0 radical (unpaired) electrons. The molecule has 0 spiro atoms. The molecule has 0 aliphatic rings. The summed E-state index contributed by atoms with van der Waals surface area (Å²) in [6.45, 7) is 2.57. The van der Waals surface area contributed by atoms with Gasteiger partial charge in [-0.25, -0.2) is 4.39 Å². The molecule has 0 unspecified atom stereocenters. The first kappa shape index (κ1) is 14.0. The fraction of sp³-hybridized carbons (Fsp3) is 0.364. The van der Waals surface area contributed by atoms with Crippen molar-refractivity contribution in [2.75, 3.05) is 6.61 Å². The first-order valence-electron chi connectivity index (χ1n) is 5.23. The lowest BCUT2D eigenvalue weighted by Gasteiger charge is -2.11. The number of benzene rings is 1. The van der Waals surface area contributed by atoms with Crippen LogP contribution in [0.15, 0.2) is 12.1 Å². The van der Waals surface area contributed by atoms with E-state index in [1.807, 2.05) is 0 Å². The number of amides is 1. The first-order chi connectivity index (χ1) is 8.36. The molecule has 0 bridgehead atoms. The normalized spacial score (nSPS) is 12.0. The van der Waals surface area contributed by atoms with Crippen LogP contribution in [-0.2, 0) is 0 Å². The number of aliphatic hydroxyl groups excluding tert-OH is 1. The minimum absolute atomic E-state index is 0.0194. The van der Waals surface area contributed by atoms with Crippen molar-refractivity contribution in [1.82, 2.24) is 5.32 Å². The van der Waals surface area contributed by atoms with Gasteiger partial charge in [-0.1, -0.05) is 0 Å². The van der Waals surface area contributed by atoms with Crippen molar-refractivity contribution in [2.24, 2.45) is 0 Å². The van der Waals surface area contributed by atoms with E-state index in [4.69, 9.17) is 5.11 Å². The number of rotatable bonds is 4. The summed E-state index contributed by atoms with van der Waals surface area (Å²) in [5.74, 6) is -1.59. The maximum atomic E-state index is 13.7. The van der Waals surface area contributed by atoms with Crippen LogP contribution >= 0.6 is 0 Å². The molecule has 0 saturated carbocycles. The molecule has 0 heterocycles. The highest BCUT2D eigenvalue weighted by atomic mass is 19.1. The van der Waals surface area contributed by atoms with E-state index in [-0.39, 0.29) is 17.9 Å². The molecular formula is C11H13FN2O4. The van der Waals surface area contributed by atoms with Gasteiger partial charge < -0.3 is 10.4 Å².